The van der Waals surface area contributed by atoms with Crippen LogP contribution in [0.2, 0.25) is 10.0 Å². The molecule has 28 heavy (non-hydrogen) atoms. The summed E-state index contributed by atoms with van der Waals surface area (Å²) in [5.41, 5.74) is 1.25. The van der Waals surface area contributed by atoms with Crippen LogP contribution in [0.15, 0.2) is 59.5 Å². The van der Waals surface area contributed by atoms with Crippen LogP contribution in [-0.4, -0.2) is 20.3 Å². The van der Waals surface area contributed by atoms with E-state index in [1.54, 1.807) is 30.3 Å². The third-order valence-electron chi connectivity index (χ3n) is 4.10. The Morgan fingerprint density at radius 2 is 1.82 bits per heavy atom. The number of hydrogen-bond acceptors (Lipinski definition) is 5. The summed E-state index contributed by atoms with van der Waals surface area (Å²) in [5, 5.41) is 10.6. The topological polar surface area (TPSA) is 84.9 Å². The molecule has 2 N–H and O–H groups in total. The van der Waals surface area contributed by atoms with Gasteiger partial charge in [-0.3, -0.25) is 4.72 Å². The van der Waals surface area contributed by atoms with Gasteiger partial charge >= 0.3 is 0 Å². The molecule has 3 aromatic carbocycles. The second-order valence-corrected chi connectivity index (χ2v) is 8.45. The highest BCUT2D eigenvalue weighted by molar-refractivity contribution is 7.92. The first-order valence-corrected chi connectivity index (χ1v) is 10.3. The number of fused-ring (bicyclic) bond motifs is 1. The van der Waals surface area contributed by atoms with Crippen molar-refractivity contribution >= 4 is 38.9 Å². The molecule has 1 heterocycles. The van der Waals surface area contributed by atoms with Crippen LogP contribution in [0.4, 0.5) is 5.69 Å². The van der Waals surface area contributed by atoms with Gasteiger partial charge in [0.2, 0.25) is 6.79 Å². The maximum atomic E-state index is 12.7. The molecule has 0 radical (unpaired) electrons. The second kappa shape index (κ2) is 7.09. The Hall–Kier alpha value is -2.61. The van der Waals surface area contributed by atoms with Gasteiger partial charge in [-0.05, 0) is 48.0 Å². The lowest BCUT2D eigenvalue weighted by atomic mass is 10.0. The van der Waals surface area contributed by atoms with Crippen LogP contribution in [0, 0.1) is 0 Å². The van der Waals surface area contributed by atoms with Gasteiger partial charge in [0.1, 0.15) is 10.6 Å². The average molecular weight is 438 g/mol. The monoisotopic (exact) mass is 437 g/mol. The predicted octanol–water partition coefficient (Wildman–Crippen LogP) is 4.90. The van der Waals surface area contributed by atoms with E-state index in [1.807, 2.05) is 0 Å². The highest BCUT2D eigenvalue weighted by Crippen LogP contribution is 2.46. The number of rotatable bonds is 4. The minimum absolute atomic E-state index is 0.0119. The summed E-state index contributed by atoms with van der Waals surface area (Å²) in [5.74, 6) is 0.893. The zero-order chi connectivity index (χ0) is 19.9. The van der Waals surface area contributed by atoms with E-state index in [-0.39, 0.29) is 33.2 Å². The van der Waals surface area contributed by atoms with E-state index in [4.69, 9.17) is 32.7 Å². The lowest BCUT2D eigenvalue weighted by Crippen LogP contribution is -2.13. The Bertz CT molecular complexity index is 1180. The number of nitrogens with one attached hydrogen (secondary N) is 1. The molecule has 0 unspecified atom stereocenters. The van der Waals surface area contributed by atoms with Crippen molar-refractivity contribution in [1.82, 2.24) is 0 Å². The van der Waals surface area contributed by atoms with Gasteiger partial charge in [-0.1, -0.05) is 35.3 Å². The van der Waals surface area contributed by atoms with E-state index in [1.165, 1.54) is 24.3 Å². The molecule has 3 aromatic rings. The van der Waals surface area contributed by atoms with Gasteiger partial charge in [0, 0.05) is 10.7 Å². The fraction of sp³-hybridized carbons (Fsp3) is 0.0526. The fourth-order valence-electron chi connectivity index (χ4n) is 2.87. The number of hydrogen-bond donors (Lipinski definition) is 2. The van der Waals surface area contributed by atoms with Crippen LogP contribution >= 0.6 is 23.2 Å². The molecule has 0 spiro atoms. The quantitative estimate of drug-likeness (QED) is 0.606. The number of aromatic hydroxyl groups is 1. The molecule has 0 bridgehead atoms. The lowest BCUT2D eigenvalue weighted by Gasteiger charge is -2.13. The molecule has 4 rings (SSSR count). The van der Waals surface area contributed by atoms with E-state index in [0.29, 0.717) is 22.6 Å². The number of anilines is 1. The second-order valence-electron chi connectivity index (χ2n) is 5.95. The first kappa shape index (κ1) is 18.7. The number of ether oxygens (including phenoxy) is 2. The third kappa shape index (κ3) is 3.44. The standard InChI is InChI=1S/C19H13Cl2NO5S/c20-12-4-5-14(21)17(9-12)28(24,25)22-13-3-1-2-11(8-13)18-15(23)6-7-16-19(18)27-10-26-16/h1-9,22-23H,10H2. The van der Waals surface area contributed by atoms with Gasteiger partial charge in [-0.2, -0.15) is 0 Å². The molecule has 1 aliphatic heterocycles. The maximum absolute atomic E-state index is 12.7. The largest absolute Gasteiger partial charge is 0.507 e. The van der Waals surface area contributed by atoms with Crippen molar-refractivity contribution in [3.8, 4) is 28.4 Å². The number of sulfonamides is 1. The SMILES string of the molecule is O=S(=O)(Nc1cccc(-c2c(O)ccc3c2OCO3)c1)c1cc(Cl)ccc1Cl. The third-order valence-corrected chi connectivity index (χ3v) is 6.20. The van der Waals surface area contributed by atoms with Crippen molar-refractivity contribution in [1.29, 1.82) is 0 Å². The summed E-state index contributed by atoms with van der Waals surface area (Å²) in [7, 11) is -3.97. The zero-order valence-corrected chi connectivity index (χ0v) is 16.5. The van der Waals surface area contributed by atoms with Crippen LogP contribution in [0.25, 0.3) is 11.1 Å². The number of benzene rings is 3. The number of phenols is 1. The molecule has 0 amide bonds. The van der Waals surface area contributed by atoms with Crippen molar-refractivity contribution in [3.05, 3.63) is 64.6 Å². The molecule has 0 aliphatic carbocycles. The van der Waals surface area contributed by atoms with Gasteiger partial charge < -0.3 is 14.6 Å². The highest BCUT2D eigenvalue weighted by Gasteiger charge is 2.23. The highest BCUT2D eigenvalue weighted by atomic mass is 35.5. The molecule has 0 atom stereocenters. The average Bonchev–Trinajstić information content (AvgIpc) is 3.12. The molecule has 0 saturated carbocycles. The Morgan fingerprint density at radius 1 is 1.00 bits per heavy atom. The van der Waals surface area contributed by atoms with Crippen LogP contribution in [0.1, 0.15) is 0 Å². The van der Waals surface area contributed by atoms with Crippen molar-refractivity contribution in [2.75, 3.05) is 11.5 Å². The van der Waals surface area contributed by atoms with Crippen LogP contribution in [-0.2, 0) is 10.0 Å². The molecule has 0 saturated heterocycles. The Balaban J connectivity index is 1.73. The van der Waals surface area contributed by atoms with E-state index in [9.17, 15) is 13.5 Å². The smallest absolute Gasteiger partial charge is 0.263 e. The maximum Gasteiger partial charge on any atom is 0.263 e. The lowest BCUT2D eigenvalue weighted by molar-refractivity contribution is 0.174. The normalized spacial score (nSPS) is 12.8. The minimum Gasteiger partial charge on any atom is -0.507 e. The fourth-order valence-corrected chi connectivity index (χ4v) is 4.69. The van der Waals surface area contributed by atoms with Crippen LogP contribution in [0.5, 0.6) is 17.2 Å². The van der Waals surface area contributed by atoms with E-state index < -0.39 is 10.0 Å². The number of phenolic OH excluding ortho intramolecular Hbond substituents is 1. The van der Waals surface area contributed by atoms with Gasteiger partial charge in [0.15, 0.2) is 11.5 Å². The van der Waals surface area contributed by atoms with E-state index >= 15 is 0 Å². The number of halogens is 2. The van der Waals surface area contributed by atoms with Gasteiger partial charge in [-0.25, -0.2) is 8.42 Å². The summed E-state index contributed by atoms with van der Waals surface area (Å²) >= 11 is 11.9. The summed E-state index contributed by atoms with van der Waals surface area (Å²) in [4.78, 5) is -0.132. The van der Waals surface area contributed by atoms with Crippen molar-refractivity contribution in [3.63, 3.8) is 0 Å². The van der Waals surface area contributed by atoms with Crippen molar-refractivity contribution in [2.45, 2.75) is 4.90 Å². The first-order valence-electron chi connectivity index (χ1n) is 8.05. The van der Waals surface area contributed by atoms with Crippen LogP contribution < -0.4 is 14.2 Å². The first-order chi connectivity index (χ1) is 13.3. The van der Waals surface area contributed by atoms with Crippen molar-refractivity contribution < 1.29 is 23.0 Å². The molecule has 0 fully saturated rings. The molecular formula is C19H13Cl2NO5S. The molecule has 1 aliphatic rings. The minimum atomic E-state index is -3.97. The van der Waals surface area contributed by atoms with Gasteiger partial charge in [-0.15, -0.1) is 0 Å². The summed E-state index contributed by atoms with van der Waals surface area (Å²) < 4.78 is 38.7. The summed E-state index contributed by atoms with van der Waals surface area (Å²) in [6.07, 6.45) is 0. The Morgan fingerprint density at radius 3 is 2.64 bits per heavy atom. The van der Waals surface area contributed by atoms with E-state index in [0.717, 1.165) is 0 Å². The molecule has 0 aromatic heterocycles. The summed E-state index contributed by atoms with van der Waals surface area (Å²) in [6.45, 7) is 0.0470. The molecule has 6 nitrogen and oxygen atoms in total. The van der Waals surface area contributed by atoms with E-state index in [2.05, 4.69) is 4.72 Å². The van der Waals surface area contributed by atoms with Gasteiger partial charge in [0.25, 0.3) is 10.0 Å². The Labute approximate surface area is 171 Å². The van der Waals surface area contributed by atoms with Crippen LogP contribution in [0.3, 0.4) is 0 Å². The van der Waals surface area contributed by atoms with Crippen molar-refractivity contribution in [2.24, 2.45) is 0 Å². The van der Waals surface area contributed by atoms with Gasteiger partial charge in [0.05, 0.1) is 10.6 Å². The summed E-state index contributed by atoms with van der Waals surface area (Å²) in [6, 6.07) is 13.8. The zero-order valence-electron chi connectivity index (χ0n) is 14.1. The molecular weight excluding hydrogens is 425 g/mol. The molecule has 144 valence electrons. The predicted molar refractivity (Wildman–Crippen MR) is 107 cm³/mol. The molecule has 9 heteroatoms. The Kier molecular flexibility index (Phi) is 4.74.